The van der Waals surface area contributed by atoms with Crippen LogP contribution in [0.1, 0.15) is 0 Å². The molecule has 2 aromatic carbocycles. The molecule has 9 nitrogen and oxygen atoms in total. The van der Waals surface area contributed by atoms with Crippen molar-refractivity contribution < 1.29 is 15.2 Å². The van der Waals surface area contributed by atoms with Crippen molar-refractivity contribution in [2.24, 2.45) is 16.1 Å². The molecule has 0 saturated carbocycles. The fourth-order valence-corrected chi connectivity index (χ4v) is 1.99. The molecular formula is C17H16N6O3. The van der Waals surface area contributed by atoms with Crippen molar-refractivity contribution >= 4 is 22.7 Å². The van der Waals surface area contributed by atoms with Gasteiger partial charge in [0.05, 0.1) is 24.9 Å². The molecule has 0 aliphatic carbocycles. The van der Waals surface area contributed by atoms with Gasteiger partial charge in [-0.15, -0.1) is 5.11 Å². The third-order valence-electron chi connectivity index (χ3n) is 3.39. The monoisotopic (exact) mass is 352 g/mol. The Bertz CT molecular complexity index is 838. The highest BCUT2D eigenvalue weighted by molar-refractivity contribution is 5.61. The number of hydrogen-bond donors (Lipinski definition) is 3. The van der Waals surface area contributed by atoms with Crippen LogP contribution in [0.25, 0.3) is 0 Å². The molecule has 0 bridgehead atoms. The van der Waals surface area contributed by atoms with Crippen LogP contribution in [0, 0.1) is 33.8 Å². The molecule has 2 rings (SSSR count). The minimum absolute atomic E-state index is 0.171. The molecule has 0 spiro atoms. The van der Waals surface area contributed by atoms with E-state index in [2.05, 4.69) is 15.5 Å². The van der Waals surface area contributed by atoms with Crippen molar-refractivity contribution in [1.29, 1.82) is 10.5 Å². The fourth-order valence-electron chi connectivity index (χ4n) is 1.99. The van der Waals surface area contributed by atoms with Gasteiger partial charge in [0, 0.05) is 30.4 Å². The number of azo groups is 1. The highest BCUT2D eigenvalue weighted by Crippen LogP contribution is 2.32. The Morgan fingerprint density at radius 2 is 1.88 bits per heavy atom. The van der Waals surface area contributed by atoms with Crippen LogP contribution in [0.2, 0.25) is 0 Å². The Morgan fingerprint density at radius 1 is 1.19 bits per heavy atom. The number of anilines is 1. The number of hydrogen-bond acceptors (Lipinski definition) is 8. The number of nitriles is 2. The van der Waals surface area contributed by atoms with Gasteiger partial charge >= 0.3 is 0 Å². The third kappa shape index (κ3) is 5.00. The lowest BCUT2D eigenvalue weighted by molar-refractivity contribution is -0.991. The first-order valence-electron chi connectivity index (χ1n) is 7.53. The zero-order chi connectivity index (χ0) is 18.9. The number of quaternary nitrogens is 1. The number of benzene rings is 2. The van der Waals surface area contributed by atoms with Crippen molar-refractivity contribution in [3.8, 4) is 17.9 Å². The summed E-state index contributed by atoms with van der Waals surface area (Å²) in [5.74, 6) is -0.277. The molecule has 1 atom stereocenters. The highest BCUT2D eigenvalue weighted by atomic mass is 16.8. The van der Waals surface area contributed by atoms with E-state index in [1.54, 1.807) is 30.3 Å². The molecule has 0 saturated heterocycles. The molecular weight excluding hydrogens is 336 g/mol. The zero-order valence-electron chi connectivity index (χ0n) is 13.9. The first-order valence-corrected chi connectivity index (χ1v) is 7.53. The summed E-state index contributed by atoms with van der Waals surface area (Å²) in [6.45, 7) is 0.201. The van der Waals surface area contributed by atoms with Gasteiger partial charge in [-0.05, 0) is 24.3 Å². The smallest absolute Gasteiger partial charge is 0.163 e. The van der Waals surface area contributed by atoms with E-state index in [1.165, 1.54) is 19.2 Å². The van der Waals surface area contributed by atoms with Crippen molar-refractivity contribution in [2.45, 2.75) is 0 Å². The second-order valence-electron chi connectivity index (χ2n) is 5.13. The van der Waals surface area contributed by atoms with Crippen LogP contribution in [-0.4, -0.2) is 18.9 Å². The molecule has 0 aromatic heterocycles. The number of ether oxygens (including phenoxy) is 1. The second kappa shape index (κ2) is 9.11. The molecule has 0 amide bonds. The Morgan fingerprint density at radius 3 is 2.46 bits per heavy atom. The van der Waals surface area contributed by atoms with Crippen molar-refractivity contribution in [2.75, 3.05) is 19.0 Å². The topological polar surface area (TPSA) is 141 Å². The summed E-state index contributed by atoms with van der Waals surface area (Å²) in [6, 6.07) is 14.9. The van der Waals surface area contributed by atoms with Gasteiger partial charge < -0.3 is 15.3 Å². The van der Waals surface area contributed by atoms with Gasteiger partial charge in [-0.1, -0.05) is 0 Å². The van der Waals surface area contributed by atoms with E-state index in [4.69, 9.17) is 20.5 Å². The maximum atomic E-state index is 10.8. The molecule has 1 unspecified atom stereocenters. The Balaban J connectivity index is 2.12. The van der Waals surface area contributed by atoms with Crippen molar-refractivity contribution in [3.63, 3.8) is 0 Å². The van der Waals surface area contributed by atoms with Gasteiger partial charge in [0.1, 0.15) is 17.4 Å². The summed E-state index contributed by atoms with van der Waals surface area (Å²) in [5, 5.41) is 47.4. The maximum absolute atomic E-state index is 10.8. The lowest BCUT2D eigenvalue weighted by atomic mass is 10.2. The molecule has 132 valence electrons. The van der Waals surface area contributed by atoms with E-state index in [1.807, 2.05) is 12.1 Å². The predicted molar refractivity (Wildman–Crippen MR) is 92.6 cm³/mol. The number of methoxy groups -OCH3 is 1. The Hall–Kier alpha value is -3.50. The van der Waals surface area contributed by atoms with E-state index in [-0.39, 0.29) is 12.2 Å². The summed E-state index contributed by atoms with van der Waals surface area (Å²) >= 11 is 0. The van der Waals surface area contributed by atoms with Crippen LogP contribution in [0.15, 0.2) is 52.7 Å². The van der Waals surface area contributed by atoms with Gasteiger partial charge in [0.2, 0.25) is 0 Å². The Labute approximate surface area is 149 Å². The summed E-state index contributed by atoms with van der Waals surface area (Å²) in [6.07, 6.45) is 0. The summed E-state index contributed by atoms with van der Waals surface area (Å²) < 4.78 is 5.28. The normalized spacial score (nSPS) is 11.8. The molecule has 0 fully saturated rings. The van der Waals surface area contributed by atoms with E-state index in [0.717, 1.165) is 0 Å². The highest BCUT2D eigenvalue weighted by Gasteiger charge is 2.08. The number of nitrogens with zero attached hydrogens (tertiary/aromatic N) is 4. The zero-order valence-corrected chi connectivity index (χ0v) is 13.9. The lowest BCUT2D eigenvalue weighted by Gasteiger charge is -2.10. The predicted octanol–water partition coefficient (Wildman–Crippen LogP) is 2.59. The van der Waals surface area contributed by atoms with Crippen LogP contribution in [0.3, 0.4) is 0 Å². The van der Waals surface area contributed by atoms with Crippen molar-refractivity contribution in [3.05, 3.63) is 47.7 Å². The van der Waals surface area contributed by atoms with Gasteiger partial charge in [-0.2, -0.15) is 20.9 Å². The van der Waals surface area contributed by atoms with Crippen LogP contribution >= 0.6 is 0 Å². The third-order valence-corrected chi connectivity index (χ3v) is 3.39. The van der Waals surface area contributed by atoms with Crippen LogP contribution in [0.5, 0.6) is 5.75 Å². The van der Waals surface area contributed by atoms with E-state index in [0.29, 0.717) is 22.8 Å². The summed E-state index contributed by atoms with van der Waals surface area (Å²) in [7, 11) is 1.49. The minimum atomic E-state index is -1.01. The quantitative estimate of drug-likeness (QED) is 0.516. The molecule has 0 aliphatic heterocycles. The van der Waals surface area contributed by atoms with E-state index < -0.39 is 11.1 Å². The maximum Gasteiger partial charge on any atom is 0.163 e. The van der Waals surface area contributed by atoms with Crippen LogP contribution < -0.4 is 15.3 Å². The average Bonchev–Trinajstić information content (AvgIpc) is 2.67. The standard InChI is InChI=1S/C17H16N6O3/c1-26-17-8-14(20-11-12(9-18)10-19)4-7-16(17)22-21-13-2-5-15(6-3-13)23(24)25/h2-8,12,20,23-24H,11H2,1H3. The SMILES string of the molecule is COc1cc(NCC(C#N)C#N)ccc1N=Nc1ccc([NH+]([O-])O)cc1. The van der Waals surface area contributed by atoms with Crippen molar-refractivity contribution in [1.82, 2.24) is 0 Å². The molecule has 0 radical (unpaired) electrons. The van der Waals surface area contributed by atoms with Gasteiger partial charge in [-0.3, -0.25) is 0 Å². The lowest BCUT2D eigenvalue weighted by Crippen LogP contribution is -2.99. The largest absolute Gasteiger partial charge is 0.595 e. The number of rotatable bonds is 7. The fraction of sp³-hybridized carbons (Fsp3) is 0.176. The van der Waals surface area contributed by atoms with Gasteiger partial charge in [0.25, 0.3) is 0 Å². The summed E-state index contributed by atoms with van der Waals surface area (Å²) in [5.41, 5.74) is 1.84. The van der Waals surface area contributed by atoms with Crippen LogP contribution in [0.4, 0.5) is 22.7 Å². The molecule has 0 aliphatic rings. The number of nitrogens with one attached hydrogen (secondary N) is 2. The minimum Gasteiger partial charge on any atom is -0.595 e. The Kier molecular flexibility index (Phi) is 6.60. The molecule has 3 N–H and O–H groups in total. The second-order valence-corrected chi connectivity index (χ2v) is 5.13. The summed E-state index contributed by atoms with van der Waals surface area (Å²) in [4.78, 5) is 0. The van der Waals surface area contributed by atoms with Crippen LogP contribution in [-0.2, 0) is 0 Å². The molecule has 26 heavy (non-hydrogen) atoms. The first-order chi connectivity index (χ1) is 12.6. The molecule has 0 heterocycles. The average molecular weight is 352 g/mol. The molecule has 9 heteroatoms. The van der Waals surface area contributed by atoms with E-state index >= 15 is 0 Å². The van der Waals surface area contributed by atoms with Gasteiger partial charge in [0.15, 0.2) is 5.69 Å². The van der Waals surface area contributed by atoms with E-state index in [9.17, 15) is 5.21 Å². The first kappa shape index (κ1) is 18.8. The van der Waals surface area contributed by atoms with Gasteiger partial charge in [-0.25, -0.2) is 5.21 Å². The molecule has 2 aromatic rings.